The Morgan fingerprint density at radius 3 is 2.57 bits per heavy atom. The fourth-order valence-corrected chi connectivity index (χ4v) is 6.50. The predicted octanol–water partition coefficient (Wildman–Crippen LogP) is 6.05. The summed E-state index contributed by atoms with van der Waals surface area (Å²) in [6, 6.07) is 14.8. The predicted molar refractivity (Wildman–Crippen MR) is 166 cm³/mol. The highest BCUT2D eigenvalue weighted by Crippen LogP contribution is 2.32. The van der Waals surface area contributed by atoms with Crippen LogP contribution in [0, 0.1) is 12.8 Å². The van der Waals surface area contributed by atoms with Crippen molar-refractivity contribution in [2.75, 3.05) is 19.6 Å². The minimum Gasteiger partial charge on any atom is -0.353 e. The Kier molecular flexibility index (Phi) is 7.31. The molecule has 2 aliphatic carbocycles. The Hall–Kier alpha value is -4.28. The van der Waals surface area contributed by atoms with E-state index in [1.165, 1.54) is 19.3 Å². The first kappa shape index (κ1) is 26.6. The van der Waals surface area contributed by atoms with Crippen molar-refractivity contribution in [1.29, 1.82) is 0 Å². The maximum Gasteiger partial charge on any atom is 0.223 e. The molecule has 0 spiro atoms. The molecule has 0 unspecified atom stereocenters. The van der Waals surface area contributed by atoms with Crippen LogP contribution in [0.5, 0.6) is 0 Å². The summed E-state index contributed by atoms with van der Waals surface area (Å²) >= 11 is 0. The molecule has 0 bridgehead atoms. The molecule has 1 saturated carbocycles. The fourth-order valence-electron chi connectivity index (χ4n) is 6.50. The summed E-state index contributed by atoms with van der Waals surface area (Å²) in [6.45, 7) is 4.63. The lowest BCUT2D eigenvalue weighted by atomic mass is 9.92. The number of fused-ring (bicyclic) bond motifs is 3. The van der Waals surface area contributed by atoms with Gasteiger partial charge in [-0.25, -0.2) is 9.97 Å². The Labute approximate surface area is 246 Å². The van der Waals surface area contributed by atoms with E-state index in [2.05, 4.69) is 62.1 Å². The van der Waals surface area contributed by atoms with Crippen LogP contribution in [0.3, 0.4) is 0 Å². The van der Waals surface area contributed by atoms with Gasteiger partial charge in [0.25, 0.3) is 0 Å². The maximum atomic E-state index is 12.8. The molecule has 212 valence electrons. The van der Waals surface area contributed by atoms with E-state index in [0.717, 1.165) is 95.7 Å². The summed E-state index contributed by atoms with van der Waals surface area (Å²) in [6.07, 6.45) is 14.0. The molecule has 7 nitrogen and oxygen atoms in total. The number of rotatable bonds is 6. The zero-order chi connectivity index (χ0) is 28.5. The van der Waals surface area contributed by atoms with Gasteiger partial charge in [0.1, 0.15) is 0 Å². The standard InChI is InChI=1S/C35H36N6O/c1-24-20-32-36-22-29-21-31(26-8-4-2-5-9-26)33(38-34(29)41(32)39-24)27-14-12-25(13-15-27)23-40-18-16-28(17-19-40)35(42)37-30-10-6-3-7-11-30/h2,4-5,8-9,12,14,20-22,28,30H,3,6-7,10-11,16-19,23H2,1H3,(H,37,42). The minimum atomic E-state index is 0.136. The first-order valence-corrected chi connectivity index (χ1v) is 15.3. The van der Waals surface area contributed by atoms with Gasteiger partial charge in [-0.05, 0) is 69.5 Å². The van der Waals surface area contributed by atoms with Crippen LogP contribution in [0.2, 0.25) is 0 Å². The maximum absolute atomic E-state index is 12.8. The van der Waals surface area contributed by atoms with Gasteiger partial charge in [-0.15, -0.1) is 0 Å². The molecule has 3 aromatic heterocycles. The van der Waals surface area contributed by atoms with Gasteiger partial charge in [-0.1, -0.05) is 61.1 Å². The average Bonchev–Trinajstić information content (AvgIpc) is 3.43. The molecule has 3 aliphatic rings. The SMILES string of the molecule is Cc1cc2ncc3cc(-c4ccccc4)c(C4=C=C=C(CN5CCC(C(=O)NC6CCCCC6)CC5)C=C4)nc3n2n1. The molecule has 1 N–H and O–H groups in total. The van der Waals surface area contributed by atoms with Crippen molar-refractivity contribution in [2.24, 2.45) is 5.92 Å². The van der Waals surface area contributed by atoms with E-state index >= 15 is 0 Å². The van der Waals surface area contributed by atoms with Gasteiger partial charge >= 0.3 is 0 Å². The van der Waals surface area contributed by atoms with Crippen LogP contribution in [0.1, 0.15) is 56.3 Å². The lowest BCUT2D eigenvalue weighted by Gasteiger charge is -2.32. The van der Waals surface area contributed by atoms with Crippen LogP contribution < -0.4 is 5.32 Å². The number of hydrogen-bond donors (Lipinski definition) is 1. The molecular formula is C35H36N6O. The Bertz CT molecular complexity index is 1770. The Balaban J connectivity index is 1.13. The summed E-state index contributed by atoms with van der Waals surface area (Å²) in [5.74, 6) is 0.401. The number of nitrogens with one attached hydrogen (secondary N) is 1. The van der Waals surface area contributed by atoms with E-state index in [-0.39, 0.29) is 11.8 Å². The topological polar surface area (TPSA) is 75.4 Å². The van der Waals surface area contributed by atoms with Gasteiger partial charge in [0.15, 0.2) is 11.3 Å². The molecule has 7 rings (SSSR count). The number of carbonyl (C=O) groups is 1. The Morgan fingerprint density at radius 1 is 1.00 bits per heavy atom. The smallest absolute Gasteiger partial charge is 0.223 e. The van der Waals surface area contributed by atoms with Crippen LogP contribution >= 0.6 is 0 Å². The molecule has 4 heterocycles. The van der Waals surface area contributed by atoms with Crippen molar-refractivity contribution >= 4 is 28.2 Å². The van der Waals surface area contributed by atoms with Gasteiger partial charge in [0.05, 0.1) is 17.0 Å². The van der Waals surface area contributed by atoms with E-state index in [4.69, 9.17) is 4.98 Å². The highest BCUT2D eigenvalue weighted by Gasteiger charge is 2.27. The van der Waals surface area contributed by atoms with Crippen molar-refractivity contribution in [3.05, 3.63) is 89.2 Å². The number of aromatic nitrogens is 4. The molecule has 1 amide bonds. The molecule has 4 aromatic rings. The third-order valence-corrected chi connectivity index (χ3v) is 8.83. The number of allylic oxidation sites excluding steroid dienone is 2. The number of carbonyl (C=O) groups excluding carboxylic acids is 1. The quantitative estimate of drug-likeness (QED) is 0.293. The van der Waals surface area contributed by atoms with Crippen LogP contribution in [-0.4, -0.2) is 56.1 Å². The van der Waals surface area contributed by atoms with Crippen LogP contribution in [0.25, 0.3) is 33.4 Å². The molecular weight excluding hydrogens is 520 g/mol. The normalized spacial score (nSPS) is 18.4. The number of likely N-dealkylation sites (tertiary alicyclic amines) is 1. The van der Waals surface area contributed by atoms with Crippen molar-refractivity contribution in [3.63, 3.8) is 0 Å². The second-order valence-electron chi connectivity index (χ2n) is 11.9. The van der Waals surface area contributed by atoms with E-state index in [0.29, 0.717) is 6.04 Å². The number of piperidine rings is 1. The van der Waals surface area contributed by atoms with Gasteiger partial charge in [0, 0.05) is 47.3 Å². The zero-order valence-electron chi connectivity index (χ0n) is 24.1. The lowest BCUT2D eigenvalue weighted by molar-refractivity contribution is -0.127. The van der Waals surface area contributed by atoms with E-state index < -0.39 is 0 Å². The number of pyridine rings is 1. The number of benzene rings is 1. The highest BCUT2D eigenvalue weighted by molar-refractivity contribution is 5.91. The number of nitrogens with zero attached hydrogens (tertiary/aromatic N) is 5. The largest absolute Gasteiger partial charge is 0.353 e. The summed E-state index contributed by atoms with van der Waals surface area (Å²) in [5.41, 5.74) is 14.3. The second kappa shape index (κ2) is 11.5. The average molecular weight is 557 g/mol. The monoisotopic (exact) mass is 556 g/mol. The van der Waals surface area contributed by atoms with Gasteiger partial charge in [-0.2, -0.15) is 9.61 Å². The van der Waals surface area contributed by atoms with E-state index in [1.807, 2.05) is 41.9 Å². The first-order valence-electron chi connectivity index (χ1n) is 15.3. The molecule has 1 saturated heterocycles. The molecule has 0 atom stereocenters. The number of amides is 1. The number of hydrogen-bond acceptors (Lipinski definition) is 5. The van der Waals surface area contributed by atoms with Gasteiger partial charge in [0.2, 0.25) is 5.91 Å². The second-order valence-corrected chi connectivity index (χ2v) is 11.9. The summed E-state index contributed by atoms with van der Waals surface area (Å²) in [4.78, 5) is 25.0. The van der Waals surface area contributed by atoms with Crippen LogP contribution in [0.4, 0.5) is 0 Å². The van der Waals surface area contributed by atoms with Crippen molar-refractivity contribution < 1.29 is 4.79 Å². The first-order chi connectivity index (χ1) is 20.6. The summed E-state index contributed by atoms with van der Waals surface area (Å²) < 4.78 is 1.82. The number of aryl methyl sites for hydroxylation is 1. The van der Waals surface area contributed by atoms with Crippen molar-refractivity contribution in [1.82, 2.24) is 29.8 Å². The molecule has 1 aromatic carbocycles. The van der Waals surface area contributed by atoms with E-state index in [1.54, 1.807) is 0 Å². The molecule has 1 aliphatic heterocycles. The molecule has 7 heteroatoms. The zero-order valence-corrected chi connectivity index (χ0v) is 24.1. The molecule has 0 radical (unpaired) electrons. The minimum absolute atomic E-state index is 0.136. The molecule has 2 fully saturated rings. The van der Waals surface area contributed by atoms with Crippen LogP contribution in [-0.2, 0) is 4.79 Å². The van der Waals surface area contributed by atoms with Gasteiger partial charge in [-0.3, -0.25) is 9.69 Å². The lowest BCUT2D eigenvalue weighted by Crippen LogP contribution is -2.44. The van der Waals surface area contributed by atoms with Crippen molar-refractivity contribution in [2.45, 2.75) is 57.9 Å². The summed E-state index contributed by atoms with van der Waals surface area (Å²) in [7, 11) is 0. The third kappa shape index (κ3) is 5.47. The van der Waals surface area contributed by atoms with Gasteiger partial charge < -0.3 is 5.32 Å². The highest BCUT2D eigenvalue weighted by atomic mass is 16.1. The molecule has 42 heavy (non-hydrogen) atoms. The Morgan fingerprint density at radius 2 is 1.81 bits per heavy atom. The third-order valence-electron chi connectivity index (χ3n) is 8.83. The van der Waals surface area contributed by atoms with Crippen LogP contribution in [0.15, 0.2) is 77.8 Å². The van der Waals surface area contributed by atoms with E-state index in [9.17, 15) is 4.79 Å². The fraction of sp³-hybridized carbons (Fsp3) is 0.371. The van der Waals surface area contributed by atoms with Crippen molar-refractivity contribution in [3.8, 4) is 11.1 Å². The summed E-state index contributed by atoms with van der Waals surface area (Å²) in [5, 5.41) is 8.91.